The Labute approximate surface area is 142 Å². The summed E-state index contributed by atoms with van der Waals surface area (Å²) in [6.07, 6.45) is 2.64. The lowest BCUT2D eigenvalue weighted by molar-refractivity contribution is -0.141. The number of piperidine rings is 1. The van der Waals surface area contributed by atoms with Crippen molar-refractivity contribution in [1.82, 2.24) is 9.80 Å². The van der Waals surface area contributed by atoms with Gasteiger partial charge in [-0.1, -0.05) is 6.07 Å². The van der Waals surface area contributed by atoms with E-state index in [4.69, 9.17) is 9.47 Å². The predicted octanol–water partition coefficient (Wildman–Crippen LogP) is 1.55. The second-order valence-corrected chi connectivity index (χ2v) is 6.18. The van der Waals surface area contributed by atoms with Crippen LogP contribution in [0.1, 0.15) is 29.6 Å². The van der Waals surface area contributed by atoms with Gasteiger partial charge in [-0.2, -0.15) is 0 Å². The van der Waals surface area contributed by atoms with Crippen LogP contribution in [-0.2, 0) is 9.53 Å². The largest absolute Gasteiger partial charge is 0.497 e. The van der Waals surface area contributed by atoms with E-state index >= 15 is 0 Å². The van der Waals surface area contributed by atoms with E-state index in [0.29, 0.717) is 44.2 Å². The van der Waals surface area contributed by atoms with Crippen molar-refractivity contribution in [3.05, 3.63) is 29.8 Å². The van der Waals surface area contributed by atoms with Crippen molar-refractivity contribution in [1.29, 1.82) is 0 Å². The van der Waals surface area contributed by atoms with Crippen LogP contribution < -0.4 is 4.74 Å². The molecule has 3 rings (SSSR count). The minimum absolute atomic E-state index is 0.0502. The zero-order valence-electron chi connectivity index (χ0n) is 14.1. The highest BCUT2D eigenvalue weighted by Crippen LogP contribution is 2.23. The Balaban J connectivity index is 1.78. The van der Waals surface area contributed by atoms with Crippen LogP contribution in [0.25, 0.3) is 0 Å². The van der Waals surface area contributed by atoms with Crippen molar-refractivity contribution in [2.75, 3.05) is 40.0 Å². The lowest BCUT2D eigenvalue weighted by atomic mass is 9.99. The number of ether oxygens (including phenoxy) is 2. The third-order valence-corrected chi connectivity index (χ3v) is 4.69. The molecule has 2 amide bonds. The molecule has 0 N–H and O–H groups in total. The molecule has 2 aliphatic heterocycles. The number of carbonyl (C=O) groups is 2. The van der Waals surface area contributed by atoms with Gasteiger partial charge in [0.15, 0.2) is 0 Å². The summed E-state index contributed by atoms with van der Waals surface area (Å²) >= 11 is 0. The van der Waals surface area contributed by atoms with Crippen LogP contribution in [0.15, 0.2) is 24.3 Å². The first-order valence-electron chi connectivity index (χ1n) is 8.52. The van der Waals surface area contributed by atoms with Crippen molar-refractivity contribution in [3.8, 4) is 5.75 Å². The van der Waals surface area contributed by atoms with Crippen molar-refractivity contribution >= 4 is 11.8 Å². The number of hydrogen-bond acceptors (Lipinski definition) is 4. The number of amides is 2. The van der Waals surface area contributed by atoms with E-state index < -0.39 is 0 Å². The molecule has 1 atom stereocenters. The van der Waals surface area contributed by atoms with Gasteiger partial charge in [-0.3, -0.25) is 9.59 Å². The van der Waals surface area contributed by atoms with E-state index in [1.807, 2.05) is 11.0 Å². The number of likely N-dealkylation sites (tertiary alicyclic amines) is 1. The highest BCUT2D eigenvalue weighted by atomic mass is 16.5. The quantitative estimate of drug-likeness (QED) is 0.843. The van der Waals surface area contributed by atoms with E-state index in [-0.39, 0.29) is 17.9 Å². The molecule has 24 heavy (non-hydrogen) atoms. The Morgan fingerprint density at radius 3 is 2.71 bits per heavy atom. The minimum Gasteiger partial charge on any atom is -0.497 e. The van der Waals surface area contributed by atoms with Crippen LogP contribution in [0.5, 0.6) is 5.75 Å². The van der Waals surface area contributed by atoms with Gasteiger partial charge >= 0.3 is 0 Å². The number of methoxy groups -OCH3 is 1. The Bertz CT molecular complexity index is 598. The number of nitrogens with zero attached hydrogens (tertiary/aromatic N) is 2. The third-order valence-electron chi connectivity index (χ3n) is 4.69. The summed E-state index contributed by atoms with van der Waals surface area (Å²) in [7, 11) is 1.58. The highest BCUT2D eigenvalue weighted by molar-refractivity contribution is 5.98. The Hall–Kier alpha value is -2.08. The van der Waals surface area contributed by atoms with Gasteiger partial charge in [0.05, 0.1) is 20.3 Å². The maximum absolute atomic E-state index is 12.9. The maximum Gasteiger partial charge on any atom is 0.254 e. The Kier molecular flexibility index (Phi) is 5.35. The molecule has 0 bridgehead atoms. The van der Waals surface area contributed by atoms with E-state index in [0.717, 1.165) is 19.3 Å². The highest BCUT2D eigenvalue weighted by Gasteiger charge is 2.35. The Morgan fingerprint density at radius 2 is 1.96 bits per heavy atom. The van der Waals surface area contributed by atoms with E-state index in [1.54, 1.807) is 30.2 Å². The summed E-state index contributed by atoms with van der Waals surface area (Å²) in [6, 6.07) is 6.75. The first-order valence-corrected chi connectivity index (χ1v) is 8.52. The molecule has 0 saturated carbocycles. The molecule has 6 heteroatoms. The fourth-order valence-corrected chi connectivity index (χ4v) is 3.35. The van der Waals surface area contributed by atoms with Crippen molar-refractivity contribution in [2.45, 2.75) is 25.3 Å². The van der Waals surface area contributed by atoms with Crippen LogP contribution >= 0.6 is 0 Å². The van der Waals surface area contributed by atoms with Gasteiger partial charge in [0.1, 0.15) is 11.8 Å². The number of morpholine rings is 1. The first-order chi connectivity index (χ1) is 11.7. The van der Waals surface area contributed by atoms with Gasteiger partial charge in [0.2, 0.25) is 5.91 Å². The van der Waals surface area contributed by atoms with Gasteiger partial charge in [-0.05, 0) is 37.5 Å². The second-order valence-electron chi connectivity index (χ2n) is 6.18. The summed E-state index contributed by atoms with van der Waals surface area (Å²) < 4.78 is 10.5. The van der Waals surface area contributed by atoms with Gasteiger partial charge in [0, 0.05) is 25.2 Å². The molecule has 0 spiro atoms. The molecular weight excluding hydrogens is 308 g/mol. The normalized spacial score (nSPS) is 21.5. The average molecular weight is 332 g/mol. The second kappa shape index (κ2) is 7.66. The molecule has 1 aromatic rings. The molecule has 0 radical (unpaired) electrons. The standard InChI is InChI=1S/C18H24N2O4/c1-23-15-6-4-5-14(13-15)17(21)20-8-3-2-7-16(20)18(22)19-9-11-24-12-10-19/h4-6,13,16H,2-3,7-12H2,1H3/t16-/m0/s1. The van der Waals surface area contributed by atoms with Crippen LogP contribution in [0, 0.1) is 0 Å². The number of rotatable bonds is 3. The lowest BCUT2D eigenvalue weighted by Gasteiger charge is -2.38. The van der Waals surface area contributed by atoms with Gasteiger partial charge in [-0.25, -0.2) is 0 Å². The van der Waals surface area contributed by atoms with Gasteiger partial charge < -0.3 is 19.3 Å². The van der Waals surface area contributed by atoms with Gasteiger partial charge in [-0.15, -0.1) is 0 Å². The molecule has 6 nitrogen and oxygen atoms in total. The van der Waals surface area contributed by atoms with Crippen molar-refractivity contribution in [2.24, 2.45) is 0 Å². The zero-order valence-corrected chi connectivity index (χ0v) is 14.1. The fourth-order valence-electron chi connectivity index (χ4n) is 3.35. The van der Waals surface area contributed by atoms with Crippen molar-refractivity contribution < 1.29 is 19.1 Å². The van der Waals surface area contributed by atoms with E-state index in [2.05, 4.69) is 0 Å². The molecule has 2 saturated heterocycles. The summed E-state index contributed by atoms with van der Waals surface area (Å²) in [6.45, 7) is 2.98. The summed E-state index contributed by atoms with van der Waals surface area (Å²) in [5.74, 6) is 0.600. The SMILES string of the molecule is COc1cccc(C(=O)N2CCCC[C@H]2C(=O)N2CCOCC2)c1. The van der Waals surface area contributed by atoms with Crippen LogP contribution in [0.3, 0.4) is 0 Å². The van der Waals surface area contributed by atoms with Crippen LogP contribution in [0.4, 0.5) is 0 Å². The van der Waals surface area contributed by atoms with Crippen molar-refractivity contribution in [3.63, 3.8) is 0 Å². The molecule has 2 aliphatic rings. The van der Waals surface area contributed by atoms with Crippen LogP contribution in [-0.4, -0.2) is 67.6 Å². The molecule has 0 aromatic heterocycles. The number of benzene rings is 1. The topological polar surface area (TPSA) is 59.1 Å². The molecule has 0 aliphatic carbocycles. The van der Waals surface area contributed by atoms with E-state index in [1.165, 1.54) is 0 Å². The predicted molar refractivity (Wildman–Crippen MR) is 89.1 cm³/mol. The smallest absolute Gasteiger partial charge is 0.254 e. The summed E-state index contributed by atoms with van der Waals surface area (Å²) in [5, 5.41) is 0. The number of hydrogen-bond donors (Lipinski definition) is 0. The van der Waals surface area contributed by atoms with Crippen LogP contribution in [0.2, 0.25) is 0 Å². The molecule has 2 heterocycles. The molecule has 1 aromatic carbocycles. The monoisotopic (exact) mass is 332 g/mol. The lowest BCUT2D eigenvalue weighted by Crippen LogP contribution is -2.55. The molecule has 2 fully saturated rings. The molecular formula is C18H24N2O4. The summed E-state index contributed by atoms with van der Waals surface area (Å²) in [4.78, 5) is 29.4. The zero-order chi connectivity index (χ0) is 16.9. The fraction of sp³-hybridized carbons (Fsp3) is 0.556. The molecule has 0 unspecified atom stereocenters. The molecule has 130 valence electrons. The summed E-state index contributed by atoms with van der Waals surface area (Å²) in [5.41, 5.74) is 0.566. The minimum atomic E-state index is -0.365. The Morgan fingerprint density at radius 1 is 1.17 bits per heavy atom. The maximum atomic E-state index is 12.9. The first kappa shape index (κ1) is 16.8. The average Bonchev–Trinajstić information content (AvgIpc) is 2.67. The third kappa shape index (κ3) is 3.53. The van der Waals surface area contributed by atoms with Gasteiger partial charge in [0.25, 0.3) is 5.91 Å². The number of carbonyl (C=O) groups excluding carboxylic acids is 2. The van der Waals surface area contributed by atoms with E-state index in [9.17, 15) is 9.59 Å².